The third-order valence-corrected chi connectivity index (χ3v) is 9.17. The number of fused-ring (bicyclic) bond motifs is 7. The van der Waals surface area contributed by atoms with Crippen LogP contribution in [-0.4, -0.2) is 52.9 Å². The number of hydrogen-bond donors (Lipinski definition) is 1. The van der Waals surface area contributed by atoms with Crippen molar-refractivity contribution in [2.24, 2.45) is 33.6 Å². The van der Waals surface area contributed by atoms with Crippen molar-refractivity contribution < 1.29 is 29.0 Å². The predicted octanol–water partition coefficient (Wildman–Crippen LogP) is 2.56. The van der Waals surface area contributed by atoms with Gasteiger partial charge in [0.15, 0.2) is 23.8 Å². The Hall–Kier alpha value is -2.28. The van der Waals surface area contributed by atoms with E-state index in [-0.39, 0.29) is 41.3 Å². The maximum absolute atomic E-state index is 13.5. The van der Waals surface area contributed by atoms with Crippen molar-refractivity contribution in [2.75, 3.05) is 6.61 Å². The number of carbonyl (C=O) groups is 3. The average molecular weight is 442 g/mol. The fraction of sp³-hybridized carbons (Fsp3) is 0.680. The zero-order valence-corrected chi connectivity index (χ0v) is 19.1. The summed E-state index contributed by atoms with van der Waals surface area (Å²) in [5.41, 5.74) is -1.04. The third kappa shape index (κ3) is 2.63. The second-order valence-corrected chi connectivity index (χ2v) is 10.7. The standard InChI is InChI=1S/C25H31NO6/c1-13-26-25(20(30)12-31-14(2)27)21(32-13)10-18-17-6-5-15-9-16(28)7-8-23(15,3)22(17)19(29)11-24(18,25)4/h7-9,17-19,21-22,29H,5-6,10-12H2,1-4H3/t17?,18?,19-,21+,22?,23-,24-,25+/m0/s1. The number of ether oxygens (including phenoxy) is 2. The molecule has 0 spiro atoms. The number of esters is 1. The van der Waals surface area contributed by atoms with Crippen molar-refractivity contribution >= 4 is 23.4 Å². The molecule has 1 heterocycles. The van der Waals surface area contributed by atoms with E-state index in [1.54, 1.807) is 19.1 Å². The summed E-state index contributed by atoms with van der Waals surface area (Å²) in [6.45, 7) is 6.88. The molecule has 8 atom stereocenters. The number of ketones is 2. The molecule has 0 aromatic heterocycles. The Bertz CT molecular complexity index is 996. The van der Waals surface area contributed by atoms with Crippen molar-refractivity contribution in [3.8, 4) is 0 Å². The van der Waals surface area contributed by atoms with E-state index in [4.69, 9.17) is 14.5 Å². The van der Waals surface area contributed by atoms with Crippen molar-refractivity contribution in [3.63, 3.8) is 0 Å². The van der Waals surface area contributed by atoms with Crippen LogP contribution < -0.4 is 0 Å². The molecule has 1 aliphatic heterocycles. The van der Waals surface area contributed by atoms with Gasteiger partial charge in [0.2, 0.25) is 5.78 Å². The quantitative estimate of drug-likeness (QED) is 0.676. The Morgan fingerprint density at radius 2 is 2.09 bits per heavy atom. The number of Topliss-reactive ketones (excluding diaryl/α,β-unsaturated/α-hetero) is 1. The largest absolute Gasteiger partial charge is 0.475 e. The molecule has 172 valence electrons. The van der Waals surface area contributed by atoms with Gasteiger partial charge < -0.3 is 14.6 Å². The lowest BCUT2D eigenvalue weighted by atomic mass is 9.46. The number of allylic oxidation sites excluding steroid dienone is 4. The summed E-state index contributed by atoms with van der Waals surface area (Å²) in [7, 11) is 0. The maximum atomic E-state index is 13.5. The average Bonchev–Trinajstić information content (AvgIpc) is 3.17. The first kappa shape index (κ1) is 21.6. The second-order valence-electron chi connectivity index (χ2n) is 10.7. The normalized spacial score (nSPS) is 46.2. The zero-order chi connectivity index (χ0) is 23.1. The van der Waals surface area contributed by atoms with E-state index in [0.717, 1.165) is 18.4 Å². The molecule has 5 rings (SSSR count). The highest BCUT2D eigenvalue weighted by Crippen LogP contribution is 2.69. The van der Waals surface area contributed by atoms with Crippen molar-refractivity contribution in [1.29, 1.82) is 0 Å². The minimum absolute atomic E-state index is 0.00898. The molecule has 32 heavy (non-hydrogen) atoms. The van der Waals surface area contributed by atoms with Gasteiger partial charge in [-0.1, -0.05) is 25.5 Å². The number of hydrogen-bond acceptors (Lipinski definition) is 7. The highest BCUT2D eigenvalue weighted by molar-refractivity contribution is 6.01. The number of aliphatic hydroxyl groups excluding tert-OH is 1. The Kier molecular flexibility index (Phi) is 4.62. The minimum atomic E-state index is -1.15. The lowest BCUT2D eigenvalue weighted by molar-refractivity contribution is -0.155. The van der Waals surface area contributed by atoms with Gasteiger partial charge in [0.25, 0.3) is 0 Å². The highest BCUT2D eigenvalue weighted by atomic mass is 16.5. The first-order valence-electron chi connectivity index (χ1n) is 11.5. The van der Waals surface area contributed by atoms with Gasteiger partial charge in [-0.15, -0.1) is 0 Å². The molecular formula is C25H31NO6. The van der Waals surface area contributed by atoms with Gasteiger partial charge in [-0.25, -0.2) is 4.99 Å². The minimum Gasteiger partial charge on any atom is -0.475 e. The second kappa shape index (κ2) is 6.86. The molecule has 3 unspecified atom stereocenters. The molecule has 0 radical (unpaired) electrons. The first-order valence-corrected chi connectivity index (χ1v) is 11.5. The summed E-state index contributed by atoms with van der Waals surface area (Å²) in [5.74, 6) is -0.0140. The van der Waals surface area contributed by atoms with Crippen LogP contribution in [0.1, 0.15) is 53.4 Å². The summed E-state index contributed by atoms with van der Waals surface area (Å²) < 4.78 is 11.2. The van der Waals surface area contributed by atoms with Crippen LogP contribution in [0.25, 0.3) is 0 Å². The molecule has 0 aromatic rings. The molecule has 5 aliphatic rings. The molecule has 3 fully saturated rings. The molecule has 7 heteroatoms. The summed E-state index contributed by atoms with van der Waals surface area (Å²) in [5, 5.41) is 11.6. The zero-order valence-electron chi connectivity index (χ0n) is 19.1. The molecule has 7 nitrogen and oxygen atoms in total. The van der Waals surface area contributed by atoms with Crippen LogP contribution in [0.5, 0.6) is 0 Å². The van der Waals surface area contributed by atoms with Gasteiger partial charge in [-0.05, 0) is 49.7 Å². The number of nitrogens with zero attached hydrogens (tertiary/aromatic N) is 1. The topological polar surface area (TPSA) is 102 Å². The van der Waals surface area contributed by atoms with Crippen LogP contribution in [0.2, 0.25) is 0 Å². The molecule has 0 amide bonds. The summed E-state index contributed by atoms with van der Waals surface area (Å²) >= 11 is 0. The van der Waals surface area contributed by atoms with E-state index in [0.29, 0.717) is 18.7 Å². The summed E-state index contributed by atoms with van der Waals surface area (Å²) in [4.78, 5) is 41.7. The molecule has 0 bridgehead atoms. The van der Waals surface area contributed by atoms with Gasteiger partial charge in [0.1, 0.15) is 6.10 Å². The fourth-order valence-corrected chi connectivity index (χ4v) is 7.97. The summed E-state index contributed by atoms with van der Waals surface area (Å²) in [6.07, 6.45) is 7.01. The lowest BCUT2D eigenvalue weighted by Crippen LogP contribution is -2.62. The van der Waals surface area contributed by atoms with Crippen molar-refractivity contribution in [1.82, 2.24) is 0 Å². The number of rotatable bonds is 3. The Morgan fingerprint density at radius 1 is 1.34 bits per heavy atom. The van der Waals surface area contributed by atoms with Crippen LogP contribution in [0.4, 0.5) is 0 Å². The molecule has 3 saturated carbocycles. The Morgan fingerprint density at radius 3 is 2.81 bits per heavy atom. The SMILES string of the molecule is CC(=O)OCC(=O)[C@@]12N=C(C)O[C@@H]1CC1C3CCC4=CC(=O)C=C[C@]4(C)C3[C@@H](O)C[C@@]12C. The Labute approximate surface area is 187 Å². The third-order valence-electron chi connectivity index (χ3n) is 9.17. The van der Waals surface area contributed by atoms with Gasteiger partial charge in [-0.2, -0.15) is 0 Å². The molecule has 0 saturated heterocycles. The molecule has 0 aromatic carbocycles. The van der Waals surface area contributed by atoms with Gasteiger partial charge in [0, 0.05) is 30.6 Å². The van der Waals surface area contributed by atoms with Gasteiger partial charge in [0.05, 0.1) is 6.10 Å². The van der Waals surface area contributed by atoms with E-state index < -0.39 is 29.1 Å². The fourth-order valence-electron chi connectivity index (χ4n) is 7.97. The maximum Gasteiger partial charge on any atom is 0.303 e. The van der Waals surface area contributed by atoms with E-state index in [9.17, 15) is 19.5 Å². The number of aliphatic hydroxyl groups is 1. The van der Waals surface area contributed by atoms with Crippen LogP contribution in [0.3, 0.4) is 0 Å². The van der Waals surface area contributed by atoms with Crippen LogP contribution in [0.15, 0.2) is 28.8 Å². The van der Waals surface area contributed by atoms with Crippen LogP contribution in [-0.2, 0) is 23.9 Å². The molecule has 4 aliphatic carbocycles. The number of carbonyl (C=O) groups excluding carboxylic acids is 3. The van der Waals surface area contributed by atoms with Gasteiger partial charge >= 0.3 is 5.97 Å². The smallest absolute Gasteiger partial charge is 0.303 e. The number of aliphatic imine (C=N–C) groups is 1. The van der Waals surface area contributed by atoms with E-state index in [1.807, 2.05) is 6.08 Å². The highest BCUT2D eigenvalue weighted by Gasteiger charge is 2.74. The van der Waals surface area contributed by atoms with Crippen LogP contribution >= 0.6 is 0 Å². The molecule has 1 N–H and O–H groups in total. The van der Waals surface area contributed by atoms with E-state index in [2.05, 4.69) is 13.8 Å². The van der Waals surface area contributed by atoms with Crippen LogP contribution in [0, 0.1) is 28.6 Å². The Balaban J connectivity index is 1.56. The molecular weight excluding hydrogens is 410 g/mol. The summed E-state index contributed by atoms with van der Waals surface area (Å²) in [6, 6.07) is 0. The first-order chi connectivity index (χ1) is 15.0. The lowest BCUT2D eigenvalue weighted by Gasteiger charge is -2.59. The van der Waals surface area contributed by atoms with Crippen molar-refractivity contribution in [2.45, 2.75) is 71.1 Å². The monoisotopic (exact) mass is 441 g/mol. The van der Waals surface area contributed by atoms with Crippen molar-refractivity contribution in [3.05, 3.63) is 23.8 Å². The van der Waals surface area contributed by atoms with E-state index in [1.165, 1.54) is 6.92 Å². The predicted molar refractivity (Wildman–Crippen MR) is 116 cm³/mol. The van der Waals surface area contributed by atoms with Gasteiger partial charge in [-0.3, -0.25) is 14.4 Å². The van der Waals surface area contributed by atoms with E-state index >= 15 is 0 Å².